The largest absolute Gasteiger partial charge is 0.398 e. The molecule has 2 N–H and O–H groups in total. The van der Waals surface area contributed by atoms with Gasteiger partial charge in [-0.3, -0.25) is 4.90 Å². The van der Waals surface area contributed by atoms with Crippen LogP contribution in [0.4, 0.5) is 10.1 Å². The number of nitrogen functional groups attached to an aromatic ring is 1. The van der Waals surface area contributed by atoms with Crippen LogP contribution in [0.25, 0.3) is 0 Å². The van der Waals surface area contributed by atoms with Gasteiger partial charge in [-0.15, -0.1) is 0 Å². The Morgan fingerprint density at radius 3 is 2.71 bits per heavy atom. The molecular weight excluding hydrogens is 215 g/mol. The molecule has 94 valence electrons. The number of halogens is 1. The summed E-state index contributed by atoms with van der Waals surface area (Å²) in [4.78, 5) is 2.37. The molecule has 2 rings (SSSR count). The molecule has 0 radical (unpaired) electrons. The lowest BCUT2D eigenvalue weighted by atomic mass is 9.94. The van der Waals surface area contributed by atoms with Crippen molar-refractivity contribution < 1.29 is 4.39 Å². The van der Waals surface area contributed by atoms with Crippen molar-refractivity contribution in [2.24, 2.45) is 5.92 Å². The summed E-state index contributed by atoms with van der Waals surface area (Å²) in [5, 5.41) is 0. The van der Waals surface area contributed by atoms with Crippen LogP contribution in [0.1, 0.15) is 31.7 Å². The molecule has 1 aliphatic heterocycles. The van der Waals surface area contributed by atoms with Gasteiger partial charge in [-0.05, 0) is 55.6 Å². The van der Waals surface area contributed by atoms with Crippen LogP contribution in [0.2, 0.25) is 0 Å². The first-order valence-electron chi connectivity index (χ1n) is 6.45. The van der Waals surface area contributed by atoms with Gasteiger partial charge in [0.25, 0.3) is 0 Å². The van der Waals surface area contributed by atoms with Crippen molar-refractivity contribution in [2.75, 3.05) is 18.8 Å². The van der Waals surface area contributed by atoms with Crippen LogP contribution in [-0.2, 0) is 6.54 Å². The number of hydrogen-bond donors (Lipinski definition) is 1. The third-order valence-electron chi connectivity index (χ3n) is 3.78. The molecular formula is C14H21FN2. The molecule has 0 bridgehead atoms. The van der Waals surface area contributed by atoms with Crippen molar-refractivity contribution in [1.82, 2.24) is 4.90 Å². The summed E-state index contributed by atoms with van der Waals surface area (Å²) < 4.78 is 13.1. The van der Waals surface area contributed by atoms with E-state index in [0.29, 0.717) is 5.69 Å². The Morgan fingerprint density at radius 1 is 1.35 bits per heavy atom. The van der Waals surface area contributed by atoms with E-state index in [0.717, 1.165) is 31.1 Å². The summed E-state index contributed by atoms with van der Waals surface area (Å²) in [7, 11) is 0. The van der Waals surface area contributed by atoms with Crippen LogP contribution < -0.4 is 5.73 Å². The number of nitrogens with zero attached hydrogens (tertiary/aromatic N) is 1. The number of piperidine rings is 1. The minimum absolute atomic E-state index is 0.197. The first-order chi connectivity index (χ1) is 8.19. The Kier molecular flexibility index (Phi) is 4.00. The van der Waals surface area contributed by atoms with Gasteiger partial charge < -0.3 is 5.73 Å². The van der Waals surface area contributed by atoms with Crippen molar-refractivity contribution in [2.45, 2.75) is 32.7 Å². The van der Waals surface area contributed by atoms with E-state index in [2.05, 4.69) is 11.8 Å². The molecule has 1 aromatic carbocycles. The minimum atomic E-state index is -0.197. The standard InChI is InChI=1S/C14H21FN2/c1-2-11-5-7-17(8-6-11)10-12-9-13(15)3-4-14(12)16/h3-4,9,11H,2,5-8,10,16H2,1H3. The maximum Gasteiger partial charge on any atom is 0.123 e. The Labute approximate surface area is 103 Å². The second-order valence-corrected chi connectivity index (χ2v) is 4.97. The molecule has 1 aliphatic rings. The van der Waals surface area contributed by atoms with Gasteiger partial charge in [0.15, 0.2) is 0 Å². The summed E-state index contributed by atoms with van der Waals surface area (Å²) in [5.41, 5.74) is 7.48. The molecule has 0 unspecified atom stereocenters. The molecule has 0 saturated carbocycles. The molecule has 0 atom stereocenters. The molecule has 0 aliphatic carbocycles. The van der Waals surface area contributed by atoms with Crippen molar-refractivity contribution in [3.8, 4) is 0 Å². The lowest BCUT2D eigenvalue weighted by Crippen LogP contribution is -2.33. The monoisotopic (exact) mass is 236 g/mol. The number of likely N-dealkylation sites (tertiary alicyclic amines) is 1. The van der Waals surface area contributed by atoms with Crippen molar-refractivity contribution in [3.05, 3.63) is 29.6 Å². The zero-order valence-electron chi connectivity index (χ0n) is 10.5. The second kappa shape index (κ2) is 5.50. The van der Waals surface area contributed by atoms with E-state index in [9.17, 15) is 4.39 Å². The first kappa shape index (κ1) is 12.4. The zero-order chi connectivity index (χ0) is 12.3. The highest BCUT2D eigenvalue weighted by molar-refractivity contribution is 5.46. The van der Waals surface area contributed by atoms with Crippen LogP contribution in [0.5, 0.6) is 0 Å². The number of nitrogens with two attached hydrogens (primary N) is 1. The third-order valence-corrected chi connectivity index (χ3v) is 3.78. The molecule has 0 aromatic heterocycles. The summed E-state index contributed by atoms with van der Waals surface area (Å²) >= 11 is 0. The van der Waals surface area contributed by atoms with Crippen molar-refractivity contribution in [3.63, 3.8) is 0 Å². The highest BCUT2D eigenvalue weighted by Gasteiger charge is 2.18. The Balaban J connectivity index is 1.95. The summed E-state index contributed by atoms with van der Waals surface area (Å²) in [6.45, 7) is 5.24. The van der Waals surface area contributed by atoms with Crippen LogP contribution in [0.3, 0.4) is 0 Å². The van der Waals surface area contributed by atoms with Crippen LogP contribution in [0, 0.1) is 11.7 Å². The summed E-state index contributed by atoms with van der Waals surface area (Å²) in [6, 6.07) is 4.63. The van der Waals surface area contributed by atoms with E-state index >= 15 is 0 Å². The Bertz CT molecular complexity index is 370. The smallest absolute Gasteiger partial charge is 0.123 e. The molecule has 0 amide bonds. The molecule has 1 heterocycles. The highest BCUT2D eigenvalue weighted by atomic mass is 19.1. The van der Waals surface area contributed by atoms with Gasteiger partial charge >= 0.3 is 0 Å². The minimum Gasteiger partial charge on any atom is -0.398 e. The summed E-state index contributed by atoms with van der Waals surface area (Å²) in [6.07, 6.45) is 3.79. The number of benzene rings is 1. The fraction of sp³-hybridized carbons (Fsp3) is 0.571. The SMILES string of the molecule is CCC1CCN(Cc2cc(F)ccc2N)CC1. The zero-order valence-corrected chi connectivity index (χ0v) is 10.5. The lowest BCUT2D eigenvalue weighted by Gasteiger charge is -2.31. The molecule has 0 spiro atoms. The maximum absolute atomic E-state index is 13.1. The second-order valence-electron chi connectivity index (χ2n) is 4.97. The van der Waals surface area contributed by atoms with E-state index in [4.69, 9.17) is 5.73 Å². The molecule has 3 heteroatoms. The van der Waals surface area contributed by atoms with Gasteiger partial charge in [-0.25, -0.2) is 4.39 Å². The quantitative estimate of drug-likeness (QED) is 0.817. The Morgan fingerprint density at radius 2 is 2.06 bits per heavy atom. The highest BCUT2D eigenvalue weighted by Crippen LogP contribution is 2.23. The van der Waals surface area contributed by atoms with Crippen molar-refractivity contribution >= 4 is 5.69 Å². The molecule has 1 aromatic rings. The van der Waals surface area contributed by atoms with E-state index in [1.807, 2.05) is 0 Å². The van der Waals surface area contributed by atoms with E-state index in [1.54, 1.807) is 12.1 Å². The number of rotatable bonds is 3. The first-order valence-corrected chi connectivity index (χ1v) is 6.45. The normalized spacial score (nSPS) is 18.5. The van der Waals surface area contributed by atoms with E-state index < -0.39 is 0 Å². The topological polar surface area (TPSA) is 29.3 Å². The van der Waals surface area contributed by atoms with E-state index in [1.165, 1.54) is 25.3 Å². The predicted molar refractivity (Wildman–Crippen MR) is 69.1 cm³/mol. The van der Waals surface area contributed by atoms with Gasteiger partial charge in [0.2, 0.25) is 0 Å². The van der Waals surface area contributed by atoms with Gasteiger partial charge in [-0.1, -0.05) is 13.3 Å². The van der Waals surface area contributed by atoms with Gasteiger partial charge in [-0.2, -0.15) is 0 Å². The third kappa shape index (κ3) is 3.19. The predicted octanol–water partition coefficient (Wildman–Crippen LogP) is 3.03. The van der Waals surface area contributed by atoms with E-state index in [-0.39, 0.29) is 5.82 Å². The van der Waals surface area contributed by atoms with Gasteiger partial charge in [0.05, 0.1) is 0 Å². The summed E-state index contributed by atoms with van der Waals surface area (Å²) in [5.74, 6) is 0.675. The van der Waals surface area contributed by atoms with Crippen molar-refractivity contribution in [1.29, 1.82) is 0 Å². The maximum atomic E-state index is 13.1. The molecule has 17 heavy (non-hydrogen) atoms. The fourth-order valence-corrected chi connectivity index (χ4v) is 2.50. The average Bonchev–Trinajstić information content (AvgIpc) is 2.35. The van der Waals surface area contributed by atoms with Crippen LogP contribution in [-0.4, -0.2) is 18.0 Å². The fourth-order valence-electron chi connectivity index (χ4n) is 2.50. The number of hydrogen-bond acceptors (Lipinski definition) is 2. The van der Waals surface area contributed by atoms with Crippen LogP contribution >= 0.6 is 0 Å². The lowest BCUT2D eigenvalue weighted by molar-refractivity contribution is 0.175. The average molecular weight is 236 g/mol. The molecule has 1 saturated heterocycles. The van der Waals surface area contributed by atoms with Gasteiger partial charge in [0.1, 0.15) is 5.82 Å². The Hall–Kier alpha value is -1.09. The van der Waals surface area contributed by atoms with Crippen LogP contribution in [0.15, 0.2) is 18.2 Å². The molecule has 2 nitrogen and oxygen atoms in total. The van der Waals surface area contributed by atoms with Gasteiger partial charge in [0, 0.05) is 12.2 Å². The number of anilines is 1. The molecule has 1 fully saturated rings.